The summed E-state index contributed by atoms with van der Waals surface area (Å²) in [5, 5.41) is 2.84. The van der Waals surface area contributed by atoms with Crippen LogP contribution in [0.15, 0.2) is 28.9 Å². The molecule has 0 aliphatic carbocycles. The summed E-state index contributed by atoms with van der Waals surface area (Å²) in [5.41, 5.74) is 1.14. The van der Waals surface area contributed by atoms with Gasteiger partial charge in [0, 0.05) is 0 Å². The molecule has 0 atom stereocenters. The predicted octanol–water partition coefficient (Wildman–Crippen LogP) is 3.44. The summed E-state index contributed by atoms with van der Waals surface area (Å²) >= 11 is 3.25. The van der Waals surface area contributed by atoms with Crippen LogP contribution in [-0.4, -0.2) is 17.1 Å². The normalized spacial score (nSPS) is 10.2. The minimum Gasteiger partial charge on any atom is -0.480 e. The van der Waals surface area contributed by atoms with Crippen LogP contribution in [0.2, 0.25) is 0 Å². The summed E-state index contributed by atoms with van der Waals surface area (Å²) < 4.78 is 19.3. The van der Waals surface area contributed by atoms with Crippen LogP contribution in [-0.2, 0) is 0 Å². The van der Waals surface area contributed by atoms with E-state index in [1.165, 1.54) is 13.2 Å². The summed E-state index contributed by atoms with van der Waals surface area (Å²) in [4.78, 5) is 8.16. The molecule has 0 unspecified atom stereocenters. The largest absolute Gasteiger partial charge is 0.480 e. The van der Waals surface area contributed by atoms with Crippen LogP contribution in [0.5, 0.6) is 5.88 Å². The third-order valence-electron chi connectivity index (χ3n) is 2.36. The molecule has 0 saturated heterocycles. The van der Waals surface area contributed by atoms with Crippen LogP contribution < -0.4 is 10.1 Å². The Bertz CT molecular complexity index is 557. The van der Waals surface area contributed by atoms with Gasteiger partial charge in [0.2, 0.25) is 11.8 Å². The van der Waals surface area contributed by atoms with E-state index in [9.17, 15) is 4.39 Å². The molecule has 2 aromatic rings. The standard InChI is InChI=1S/C12H11BrFN3O/c1-7-4-3-5-9(14)10(7)16-12-15-6-8(13)11(17-12)18-2/h3-6H,1-2H3,(H,15,16,17). The summed E-state index contributed by atoms with van der Waals surface area (Å²) in [5.74, 6) is 0.324. The molecule has 0 aliphatic rings. The Labute approximate surface area is 112 Å². The Balaban J connectivity index is 2.34. The lowest BCUT2D eigenvalue weighted by molar-refractivity contribution is 0.394. The molecule has 94 valence electrons. The molecule has 0 fully saturated rings. The third kappa shape index (κ3) is 2.59. The first-order valence-electron chi connectivity index (χ1n) is 5.20. The second kappa shape index (κ2) is 5.30. The highest BCUT2D eigenvalue weighted by Gasteiger charge is 2.09. The van der Waals surface area contributed by atoms with Crippen molar-refractivity contribution in [3.8, 4) is 5.88 Å². The fourth-order valence-corrected chi connectivity index (χ4v) is 1.81. The molecule has 0 bridgehead atoms. The van der Waals surface area contributed by atoms with E-state index in [1.54, 1.807) is 12.3 Å². The lowest BCUT2D eigenvalue weighted by atomic mass is 10.2. The number of methoxy groups -OCH3 is 1. The van der Waals surface area contributed by atoms with E-state index in [2.05, 4.69) is 31.2 Å². The Kier molecular flexibility index (Phi) is 3.76. The van der Waals surface area contributed by atoms with E-state index in [0.717, 1.165) is 5.56 Å². The molecular weight excluding hydrogens is 301 g/mol. The molecule has 0 spiro atoms. The molecular formula is C12H11BrFN3O. The monoisotopic (exact) mass is 311 g/mol. The molecule has 0 aliphatic heterocycles. The van der Waals surface area contributed by atoms with Gasteiger partial charge < -0.3 is 10.1 Å². The molecule has 1 aromatic heterocycles. The van der Waals surface area contributed by atoms with Crippen molar-refractivity contribution in [3.05, 3.63) is 40.2 Å². The third-order valence-corrected chi connectivity index (χ3v) is 2.91. The Morgan fingerprint density at radius 3 is 2.83 bits per heavy atom. The lowest BCUT2D eigenvalue weighted by Gasteiger charge is -2.10. The number of aryl methyl sites for hydroxylation is 1. The number of nitrogens with zero attached hydrogens (tertiary/aromatic N) is 2. The average Bonchev–Trinajstić information content (AvgIpc) is 2.36. The van der Waals surface area contributed by atoms with Crippen LogP contribution in [0.25, 0.3) is 0 Å². The van der Waals surface area contributed by atoms with Crippen LogP contribution in [0.1, 0.15) is 5.56 Å². The number of halogens is 2. The van der Waals surface area contributed by atoms with Crippen molar-refractivity contribution in [2.24, 2.45) is 0 Å². The quantitative estimate of drug-likeness (QED) is 0.943. The summed E-state index contributed by atoms with van der Waals surface area (Å²) in [6, 6.07) is 4.84. The summed E-state index contributed by atoms with van der Waals surface area (Å²) in [6.07, 6.45) is 1.55. The number of ether oxygens (including phenoxy) is 1. The smallest absolute Gasteiger partial charge is 0.232 e. The molecule has 0 amide bonds. The van der Waals surface area contributed by atoms with Gasteiger partial charge in [-0.3, -0.25) is 0 Å². The van der Waals surface area contributed by atoms with Crippen molar-refractivity contribution in [1.29, 1.82) is 0 Å². The molecule has 1 aromatic carbocycles. The Morgan fingerprint density at radius 2 is 2.17 bits per heavy atom. The van der Waals surface area contributed by atoms with Gasteiger partial charge in [0.1, 0.15) is 5.82 Å². The highest BCUT2D eigenvalue weighted by molar-refractivity contribution is 9.10. The highest BCUT2D eigenvalue weighted by atomic mass is 79.9. The van der Waals surface area contributed by atoms with Gasteiger partial charge in [0.15, 0.2) is 0 Å². The van der Waals surface area contributed by atoms with Crippen LogP contribution in [0.3, 0.4) is 0 Å². The second-order valence-electron chi connectivity index (χ2n) is 3.61. The number of para-hydroxylation sites is 1. The van der Waals surface area contributed by atoms with E-state index in [-0.39, 0.29) is 11.8 Å². The van der Waals surface area contributed by atoms with Crippen molar-refractivity contribution < 1.29 is 9.13 Å². The summed E-state index contributed by atoms with van der Waals surface area (Å²) in [6.45, 7) is 1.81. The molecule has 0 radical (unpaired) electrons. The first-order valence-corrected chi connectivity index (χ1v) is 6.00. The van der Waals surface area contributed by atoms with Gasteiger partial charge in [-0.05, 0) is 34.5 Å². The fraction of sp³-hybridized carbons (Fsp3) is 0.167. The molecule has 0 saturated carbocycles. The minimum absolute atomic E-state index is 0.281. The molecule has 18 heavy (non-hydrogen) atoms. The van der Waals surface area contributed by atoms with E-state index in [1.807, 2.05) is 13.0 Å². The summed E-state index contributed by atoms with van der Waals surface area (Å²) in [7, 11) is 1.51. The number of benzene rings is 1. The number of hydrogen-bond acceptors (Lipinski definition) is 4. The van der Waals surface area contributed by atoms with E-state index >= 15 is 0 Å². The topological polar surface area (TPSA) is 47.0 Å². The molecule has 1 N–H and O–H groups in total. The first kappa shape index (κ1) is 12.8. The zero-order chi connectivity index (χ0) is 13.1. The van der Waals surface area contributed by atoms with Crippen LogP contribution in [0.4, 0.5) is 16.0 Å². The van der Waals surface area contributed by atoms with E-state index in [4.69, 9.17) is 4.74 Å². The molecule has 6 heteroatoms. The van der Waals surface area contributed by atoms with E-state index in [0.29, 0.717) is 16.0 Å². The van der Waals surface area contributed by atoms with Gasteiger partial charge in [0.05, 0.1) is 23.5 Å². The SMILES string of the molecule is COc1nc(Nc2c(C)cccc2F)ncc1Br. The maximum absolute atomic E-state index is 13.6. The van der Waals surface area contributed by atoms with Gasteiger partial charge in [-0.15, -0.1) is 0 Å². The zero-order valence-corrected chi connectivity index (χ0v) is 11.5. The van der Waals surface area contributed by atoms with Gasteiger partial charge in [0.25, 0.3) is 0 Å². The molecule has 2 rings (SSSR count). The van der Waals surface area contributed by atoms with Crippen molar-refractivity contribution in [2.45, 2.75) is 6.92 Å². The lowest BCUT2D eigenvalue weighted by Crippen LogP contribution is -2.02. The fourth-order valence-electron chi connectivity index (χ4n) is 1.46. The van der Waals surface area contributed by atoms with Gasteiger partial charge >= 0.3 is 0 Å². The molecule has 1 heterocycles. The van der Waals surface area contributed by atoms with E-state index < -0.39 is 0 Å². The van der Waals surface area contributed by atoms with Gasteiger partial charge in [-0.1, -0.05) is 12.1 Å². The first-order chi connectivity index (χ1) is 8.61. The maximum atomic E-state index is 13.6. The highest BCUT2D eigenvalue weighted by Crippen LogP contribution is 2.25. The number of nitrogens with one attached hydrogen (secondary N) is 1. The minimum atomic E-state index is -0.347. The van der Waals surface area contributed by atoms with Gasteiger partial charge in [-0.25, -0.2) is 9.37 Å². The number of anilines is 2. The number of aromatic nitrogens is 2. The van der Waals surface area contributed by atoms with Crippen LogP contribution >= 0.6 is 15.9 Å². The van der Waals surface area contributed by atoms with Gasteiger partial charge in [-0.2, -0.15) is 4.98 Å². The number of rotatable bonds is 3. The predicted molar refractivity (Wildman–Crippen MR) is 70.7 cm³/mol. The van der Waals surface area contributed by atoms with Crippen molar-refractivity contribution in [1.82, 2.24) is 9.97 Å². The van der Waals surface area contributed by atoms with Crippen molar-refractivity contribution in [2.75, 3.05) is 12.4 Å². The van der Waals surface area contributed by atoms with Crippen molar-refractivity contribution in [3.63, 3.8) is 0 Å². The maximum Gasteiger partial charge on any atom is 0.232 e. The number of hydrogen-bond donors (Lipinski definition) is 1. The zero-order valence-electron chi connectivity index (χ0n) is 9.87. The van der Waals surface area contributed by atoms with Crippen LogP contribution in [0, 0.1) is 12.7 Å². The average molecular weight is 312 g/mol. The Hall–Kier alpha value is -1.69. The van der Waals surface area contributed by atoms with Crippen molar-refractivity contribution >= 4 is 27.6 Å². The Morgan fingerprint density at radius 1 is 1.39 bits per heavy atom. The molecule has 4 nitrogen and oxygen atoms in total. The second-order valence-corrected chi connectivity index (χ2v) is 4.46.